The van der Waals surface area contributed by atoms with Gasteiger partial charge in [-0.15, -0.1) is 11.3 Å². The Morgan fingerprint density at radius 2 is 1.95 bits per heavy atom. The third-order valence-electron chi connectivity index (χ3n) is 6.38. The van der Waals surface area contributed by atoms with Crippen LogP contribution in [-0.4, -0.2) is 35.3 Å². The number of hydrogen-bond donors (Lipinski definition) is 1. The topological polar surface area (TPSA) is 116 Å². The van der Waals surface area contributed by atoms with Gasteiger partial charge < -0.3 is 19.3 Å². The van der Waals surface area contributed by atoms with Crippen molar-refractivity contribution in [3.05, 3.63) is 113 Å². The van der Waals surface area contributed by atoms with E-state index in [2.05, 4.69) is 4.99 Å². The van der Waals surface area contributed by atoms with Gasteiger partial charge in [-0.2, -0.15) is 0 Å². The maximum atomic E-state index is 13.7. The molecule has 11 heteroatoms. The number of thiophene rings is 1. The van der Waals surface area contributed by atoms with Crippen molar-refractivity contribution in [3.63, 3.8) is 0 Å². The maximum absolute atomic E-state index is 13.7. The number of aromatic nitrogens is 1. The molecule has 9 nitrogen and oxygen atoms in total. The first-order valence-electron chi connectivity index (χ1n) is 12.7. The molecule has 41 heavy (non-hydrogen) atoms. The molecule has 1 atom stereocenters. The van der Waals surface area contributed by atoms with Crippen LogP contribution in [0.5, 0.6) is 11.5 Å². The predicted octanol–water partition coefficient (Wildman–Crippen LogP) is 4.15. The molecule has 1 aliphatic rings. The van der Waals surface area contributed by atoms with E-state index in [0.717, 1.165) is 4.88 Å². The Balaban J connectivity index is 1.49. The fourth-order valence-corrected chi connectivity index (χ4v) is 6.38. The molecule has 3 heterocycles. The number of carboxylic acids is 1. The number of allylic oxidation sites excluding steroid dienone is 1. The zero-order chi connectivity index (χ0) is 29.1. The van der Waals surface area contributed by atoms with Gasteiger partial charge in [0.15, 0.2) is 16.3 Å². The summed E-state index contributed by atoms with van der Waals surface area (Å²) in [5.41, 5.74) is 2.20. The molecule has 0 fully saturated rings. The Bertz CT molecular complexity index is 1830. The Morgan fingerprint density at radius 3 is 2.66 bits per heavy atom. The van der Waals surface area contributed by atoms with Crippen LogP contribution < -0.4 is 24.4 Å². The number of carboxylic acid groups (broad SMARTS) is 1. The fourth-order valence-electron chi connectivity index (χ4n) is 4.51. The second-order valence-electron chi connectivity index (χ2n) is 9.02. The van der Waals surface area contributed by atoms with Crippen LogP contribution in [-0.2, 0) is 16.1 Å². The molecule has 0 spiro atoms. The van der Waals surface area contributed by atoms with Gasteiger partial charge in [0, 0.05) is 4.88 Å². The Labute approximate surface area is 242 Å². The van der Waals surface area contributed by atoms with Crippen LogP contribution in [0.4, 0.5) is 0 Å². The molecule has 2 aromatic carbocycles. The molecule has 5 rings (SSSR count). The highest BCUT2D eigenvalue weighted by atomic mass is 32.1. The molecule has 4 aromatic rings. The molecule has 0 amide bonds. The number of fused-ring (bicyclic) bond motifs is 1. The number of benzene rings is 2. The number of ether oxygens (including phenoxy) is 3. The molecule has 1 N–H and O–H groups in total. The van der Waals surface area contributed by atoms with Crippen molar-refractivity contribution in [1.82, 2.24) is 4.57 Å². The predicted molar refractivity (Wildman–Crippen MR) is 155 cm³/mol. The number of methoxy groups -OCH3 is 1. The molecule has 0 saturated carbocycles. The van der Waals surface area contributed by atoms with Crippen LogP contribution in [0.3, 0.4) is 0 Å². The van der Waals surface area contributed by atoms with Gasteiger partial charge in [-0.3, -0.25) is 9.36 Å². The Kier molecular flexibility index (Phi) is 8.18. The normalized spacial score (nSPS) is 14.8. The van der Waals surface area contributed by atoms with Gasteiger partial charge in [0.2, 0.25) is 0 Å². The van der Waals surface area contributed by atoms with Crippen molar-refractivity contribution >= 4 is 40.7 Å². The van der Waals surface area contributed by atoms with E-state index in [4.69, 9.17) is 14.2 Å². The van der Waals surface area contributed by atoms with E-state index in [9.17, 15) is 19.5 Å². The number of nitrogens with zero attached hydrogens (tertiary/aromatic N) is 2. The minimum atomic E-state index is -1.01. The fraction of sp³-hybridized carbons (Fsp3) is 0.200. The van der Waals surface area contributed by atoms with Crippen LogP contribution in [0.2, 0.25) is 0 Å². The zero-order valence-electron chi connectivity index (χ0n) is 22.5. The van der Waals surface area contributed by atoms with Gasteiger partial charge in [0.05, 0.1) is 35.1 Å². The van der Waals surface area contributed by atoms with Gasteiger partial charge in [0.1, 0.15) is 12.6 Å². The van der Waals surface area contributed by atoms with Crippen molar-refractivity contribution in [1.29, 1.82) is 0 Å². The zero-order valence-corrected chi connectivity index (χ0v) is 24.1. The Morgan fingerprint density at radius 1 is 1.12 bits per heavy atom. The summed E-state index contributed by atoms with van der Waals surface area (Å²) in [6.07, 6.45) is 1.75. The van der Waals surface area contributed by atoms with Crippen LogP contribution in [0.15, 0.2) is 81.0 Å². The van der Waals surface area contributed by atoms with E-state index in [0.29, 0.717) is 43.2 Å². The van der Waals surface area contributed by atoms with Gasteiger partial charge >= 0.3 is 11.9 Å². The largest absolute Gasteiger partial charge is 0.493 e. The average Bonchev–Trinajstić information content (AvgIpc) is 3.60. The number of carbonyl (C=O) groups excluding carboxylic acids is 1. The number of hydrogen-bond acceptors (Lipinski definition) is 9. The van der Waals surface area contributed by atoms with E-state index in [1.54, 1.807) is 60.9 Å². The summed E-state index contributed by atoms with van der Waals surface area (Å²) < 4.78 is 18.8. The third-order valence-corrected chi connectivity index (χ3v) is 8.29. The molecule has 0 aliphatic carbocycles. The average molecular weight is 591 g/mol. The van der Waals surface area contributed by atoms with Crippen LogP contribution in [0.1, 0.15) is 46.3 Å². The lowest BCUT2D eigenvalue weighted by molar-refractivity contribution is -0.139. The highest BCUT2D eigenvalue weighted by Crippen LogP contribution is 2.33. The summed E-state index contributed by atoms with van der Waals surface area (Å²) >= 11 is 2.70. The van der Waals surface area contributed by atoms with E-state index < -0.39 is 18.0 Å². The second-order valence-corrected chi connectivity index (χ2v) is 11.0. The number of esters is 1. The molecular formula is C30H26N2O7S2. The number of rotatable bonds is 9. The van der Waals surface area contributed by atoms with E-state index >= 15 is 0 Å². The first-order chi connectivity index (χ1) is 19.8. The van der Waals surface area contributed by atoms with Gasteiger partial charge in [-0.05, 0) is 66.8 Å². The van der Waals surface area contributed by atoms with Crippen molar-refractivity contribution in [3.8, 4) is 11.5 Å². The van der Waals surface area contributed by atoms with E-state index in [1.807, 2.05) is 17.5 Å². The standard InChI is InChI=1S/C30H26N2O7S2/c1-4-38-29(36)25-17(2)31-30-32(26(25)23-9-6-12-40-23)27(33)24(41-30)15-18-10-11-21(22(14-18)37-3)39-16-19-7-5-8-20(13-19)28(34)35/h5-15,26H,4,16H2,1-3H3,(H,34,35)/b24-15-/t26-/m1/s1. The number of thiazole rings is 1. The summed E-state index contributed by atoms with van der Waals surface area (Å²) in [7, 11) is 1.52. The second kappa shape index (κ2) is 11.9. The maximum Gasteiger partial charge on any atom is 0.338 e. The molecule has 0 saturated heterocycles. The Hall–Kier alpha value is -4.48. The monoisotopic (exact) mass is 590 g/mol. The van der Waals surface area contributed by atoms with Crippen LogP contribution >= 0.6 is 22.7 Å². The van der Waals surface area contributed by atoms with Gasteiger partial charge in [-0.1, -0.05) is 35.6 Å². The minimum Gasteiger partial charge on any atom is -0.493 e. The highest BCUT2D eigenvalue weighted by molar-refractivity contribution is 7.10. The molecule has 0 unspecified atom stereocenters. The smallest absolute Gasteiger partial charge is 0.338 e. The highest BCUT2D eigenvalue weighted by Gasteiger charge is 2.33. The third kappa shape index (κ3) is 5.72. The SMILES string of the molecule is CCOC(=O)C1=C(C)N=c2s/c(=C\c3ccc(OCc4cccc(C(=O)O)c4)c(OC)c3)c(=O)n2[C@@H]1c1cccs1. The van der Waals surface area contributed by atoms with E-state index in [1.165, 1.54) is 35.8 Å². The first-order valence-corrected chi connectivity index (χ1v) is 14.4. The number of carbonyl (C=O) groups is 2. The molecule has 0 radical (unpaired) electrons. The lowest BCUT2D eigenvalue weighted by Crippen LogP contribution is -2.39. The van der Waals surface area contributed by atoms with Crippen molar-refractivity contribution in [2.24, 2.45) is 4.99 Å². The van der Waals surface area contributed by atoms with Crippen molar-refractivity contribution in [2.75, 3.05) is 13.7 Å². The van der Waals surface area contributed by atoms with Gasteiger partial charge in [0.25, 0.3) is 5.56 Å². The van der Waals surface area contributed by atoms with Crippen molar-refractivity contribution < 1.29 is 28.9 Å². The first kappa shape index (κ1) is 28.1. The molecular weight excluding hydrogens is 564 g/mol. The van der Waals surface area contributed by atoms with Crippen LogP contribution in [0, 0.1) is 0 Å². The summed E-state index contributed by atoms with van der Waals surface area (Å²) in [4.78, 5) is 43.8. The lowest BCUT2D eigenvalue weighted by Gasteiger charge is -2.23. The molecule has 0 bridgehead atoms. The van der Waals surface area contributed by atoms with E-state index in [-0.39, 0.29) is 24.3 Å². The number of aromatic carboxylic acids is 1. The molecule has 1 aliphatic heterocycles. The quantitative estimate of drug-likeness (QED) is 0.291. The summed E-state index contributed by atoms with van der Waals surface area (Å²) in [6, 6.07) is 15.0. The van der Waals surface area contributed by atoms with Crippen LogP contribution in [0.25, 0.3) is 6.08 Å². The molecule has 2 aromatic heterocycles. The summed E-state index contributed by atoms with van der Waals surface area (Å²) in [5.74, 6) is -0.568. The molecule has 210 valence electrons. The lowest BCUT2D eigenvalue weighted by atomic mass is 10.0. The minimum absolute atomic E-state index is 0.153. The van der Waals surface area contributed by atoms with Gasteiger partial charge in [-0.25, -0.2) is 14.6 Å². The summed E-state index contributed by atoms with van der Waals surface area (Å²) in [5, 5.41) is 11.1. The van der Waals surface area contributed by atoms with Crippen molar-refractivity contribution in [2.45, 2.75) is 26.5 Å². The summed E-state index contributed by atoms with van der Waals surface area (Å²) in [6.45, 7) is 3.86.